The van der Waals surface area contributed by atoms with E-state index in [2.05, 4.69) is 20.8 Å². The third-order valence-corrected chi connectivity index (χ3v) is 3.94. The number of likely N-dealkylation sites (tertiary alicyclic amines) is 1. The minimum absolute atomic E-state index is 0.402. The third kappa shape index (κ3) is 3.67. The van der Waals surface area contributed by atoms with Crippen LogP contribution in [0.2, 0.25) is 0 Å². The Labute approximate surface area is 121 Å². The summed E-state index contributed by atoms with van der Waals surface area (Å²) < 4.78 is 6.66. The maximum absolute atomic E-state index is 5.76. The molecule has 1 aliphatic rings. The van der Waals surface area contributed by atoms with Crippen LogP contribution in [0.3, 0.4) is 0 Å². The molecule has 2 rings (SSSR count). The molecule has 0 aromatic heterocycles. The lowest BCUT2D eigenvalue weighted by Crippen LogP contribution is -2.25. The van der Waals surface area contributed by atoms with Crippen LogP contribution in [-0.2, 0) is 0 Å². The first-order valence-electron chi connectivity index (χ1n) is 6.11. The van der Waals surface area contributed by atoms with E-state index in [1.54, 1.807) is 0 Å². The number of halogens is 1. The van der Waals surface area contributed by atoms with Gasteiger partial charge in [0.2, 0.25) is 0 Å². The fourth-order valence-corrected chi connectivity index (χ4v) is 2.68. The minimum Gasteiger partial charge on any atom is -0.491 e. The summed E-state index contributed by atoms with van der Waals surface area (Å²) in [7, 11) is 0. The Hall–Kier alpha value is -0.650. The Morgan fingerprint density at radius 2 is 2.11 bits per heavy atom. The van der Waals surface area contributed by atoms with Crippen molar-refractivity contribution < 1.29 is 4.74 Å². The summed E-state index contributed by atoms with van der Waals surface area (Å²) in [6.45, 7) is 4.10. The number of nitrogens with zero attached hydrogens (tertiary/aromatic N) is 1. The van der Waals surface area contributed by atoms with Gasteiger partial charge in [0.25, 0.3) is 0 Å². The molecular weight excluding hydrogens is 312 g/mol. The monoisotopic (exact) mass is 328 g/mol. The van der Waals surface area contributed by atoms with Crippen molar-refractivity contribution in [3.8, 4) is 5.75 Å². The highest BCUT2D eigenvalue weighted by Crippen LogP contribution is 2.26. The molecule has 0 radical (unpaired) electrons. The van der Waals surface area contributed by atoms with E-state index in [1.807, 2.05) is 18.2 Å². The molecule has 3 nitrogen and oxygen atoms in total. The third-order valence-electron chi connectivity index (χ3n) is 3.08. The molecule has 18 heavy (non-hydrogen) atoms. The SMILES string of the molecule is NC(=S)c1ccc(OCCN2CCCC2)c(Br)c1. The van der Waals surface area contributed by atoms with E-state index in [0.29, 0.717) is 11.6 Å². The van der Waals surface area contributed by atoms with Crippen molar-refractivity contribution >= 4 is 33.1 Å². The smallest absolute Gasteiger partial charge is 0.133 e. The summed E-state index contributed by atoms with van der Waals surface area (Å²) in [5.74, 6) is 0.842. The molecular formula is C13H17BrN2OS. The maximum Gasteiger partial charge on any atom is 0.133 e. The molecule has 1 aromatic rings. The van der Waals surface area contributed by atoms with E-state index < -0.39 is 0 Å². The molecule has 2 N–H and O–H groups in total. The zero-order valence-electron chi connectivity index (χ0n) is 10.2. The molecule has 1 heterocycles. The molecule has 1 aliphatic heterocycles. The van der Waals surface area contributed by atoms with Crippen molar-refractivity contribution in [2.75, 3.05) is 26.2 Å². The summed E-state index contributed by atoms with van der Waals surface area (Å²) in [4.78, 5) is 2.83. The number of hydrogen-bond acceptors (Lipinski definition) is 3. The Bertz CT molecular complexity index is 433. The lowest BCUT2D eigenvalue weighted by molar-refractivity contribution is 0.237. The summed E-state index contributed by atoms with van der Waals surface area (Å²) in [6.07, 6.45) is 2.62. The van der Waals surface area contributed by atoms with E-state index in [4.69, 9.17) is 22.7 Å². The molecule has 0 aliphatic carbocycles. The lowest BCUT2D eigenvalue weighted by atomic mass is 10.2. The van der Waals surface area contributed by atoms with Gasteiger partial charge in [0.05, 0.1) is 4.47 Å². The Balaban J connectivity index is 1.87. The normalized spacial score (nSPS) is 15.8. The molecule has 0 saturated carbocycles. The topological polar surface area (TPSA) is 38.5 Å². The largest absolute Gasteiger partial charge is 0.491 e. The zero-order valence-corrected chi connectivity index (χ0v) is 12.6. The van der Waals surface area contributed by atoms with Crippen LogP contribution in [0.15, 0.2) is 22.7 Å². The van der Waals surface area contributed by atoms with Gasteiger partial charge in [-0.3, -0.25) is 4.90 Å². The van der Waals surface area contributed by atoms with Crippen LogP contribution < -0.4 is 10.5 Å². The van der Waals surface area contributed by atoms with Crippen LogP contribution in [-0.4, -0.2) is 36.1 Å². The fraction of sp³-hybridized carbons (Fsp3) is 0.462. The van der Waals surface area contributed by atoms with Gasteiger partial charge in [-0.2, -0.15) is 0 Å². The average Bonchev–Trinajstić information content (AvgIpc) is 2.84. The minimum atomic E-state index is 0.402. The first-order valence-corrected chi connectivity index (χ1v) is 7.31. The molecule has 98 valence electrons. The van der Waals surface area contributed by atoms with Crippen LogP contribution in [0.1, 0.15) is 18.4 Å². The van der Waals surface area contributed by atoms with Crippen molar-refractivity contribution in [3.63, 3.8) is 0 Å². The van der Waals surface area contributed by atoms with Crippen molar-refractivity contribution in [1.82, 2.24) is 4.90 Å². The second-order valence-corrected chi connectivity index (χ2v) is 5.70. The van der Waals surface area contributed by atoms with Crippen LogP contribution in [0.4, 0.5) is 0 Å². The van der Waals surface area contributed by atoms with Gasteiger partial charge in [0, 0.05) is 12.1 Å². The first kappa shape index (κ1) is 13.8. The summed E-state index contributed by atoms with van der Waals surface area (Å²) in [5, 5.41) is 0. The number of rotatable bonds is 5. The first-order chi connectivity index (χ1) is 8.66. The van der Waals surface area contributed by atoms with Crippen molar-refractivity contribution in [2.24, 2.45) is 5.73 Å². The number of hydrogen-bond donors (Lipinski definition) is 1. The van der Waals surface area contributed by atoms with Gasteiger partial charge >= 0.3 is 0 Å². The molecule has 0 amide bonds. The lowest BCUT2D eigenvalue weighted by Gasteiger charge is -2.15. The number of ether oxygens (including phenoxy) is 1. The van der Waals surface area contributed by atoms with Crippen LogP contribution in [0, 0.1) is 0 Å². The van der Waals surface area contributed by atoms with E-state index in [9.17, 15) is 0 Å². The summed E-state index contributed by atoms with van der Waals surface area (Å²) in [5.41, 5.74) is 6.43. The number of benzene rings is 1. The van der Waals surface area contributed by atoms with Gasteiger partial charge in [0.1, 0.15) is 17.3 Å². The molecule has 0 unspecified atom stereocenters. The van der Waals surface area contributed by atoms with Crippen LogP contribution in [0.5, 0.6) is 5.75 Å². The molecule has 1 fully saturated rings. The average molecular weight is 329 g/mol. The van der Waals surface area contributed by atoms with Crippen LogP contribution >= 0.6 is 28.1 Å². The predicted molar refractivity (Wildman–Crippen MR) is 81.2 cm³/mol. The quantitative estimate of drug-likeness (QED) is 0.843. The van der Waals surface area contributed by atoms with Gasteiger partial charge in [-0.05, 0) is 60.1 Å². The van der Waals surface area contributed by atoms with Gasteiger partial charge in [0.15, 0.2) is 0 Å². The molecule has 5 heteroatoms. The predicted octanol–water partition coefficient (Wildman–Crippen LogP) is 2.56. The van der Waals surface area contributed by atoms with E-state index >= 15 is 0 Å². The highest BCUT2D eigenvalue weighted by Gasteiger charge is 2.11. The van der Waals surface area contributed by atoms with Gasteiger partial charge < -0.3 is 10.5 Å². The second kappa shape index (κ2) is 6.50. The molecule has 1 aromatic carbocycles. The van der Waals surface area contributed by atoms with E-state index in [1.165, 1.54) is 25.9 Å². The van der Waals surface area contributed by atoms with E-state index in [0.717, 1.165) is 22.3 Å². The van der Waals surface area contributed by atoms with Crippen molar-refractivity contribution in [2.45, 2.75) is 12.8 Å². The summed E-state index contributed by atoms with van der Waals surface area (Å²) >= 11 is 8.41. The highest BCUT2D eigenvalue weighted by molar-refractivity contribution is 9.10. The van der Waals surface area contributed by atoms with Crippen molar-refractivity contribution in [3.05, 3.63) is 28.2 Å². The van der Waals surface area contributed by atoms with Crippen LogP contribution in [0.25, 0.3) is 0 Å². The highest BCUT2D eigenvalue weighted by atomic mass is 79.9. The molecule has 0 atom stereocenters. The Kier molecular flexibility index (Phi) is 4.97. The number of nitrogens with two attached hydrogens (primary N) is 1. The number of thiocarbonyl (C=S) groups is 1. The summed E-state index contributed by atoms with van der Waals surface area (Å²) in [6, 6.07) is 5.69. The zero-order chi connectivity index (χ0) is 13.0. The van der Waals surface area contributed by atoms with E-state index in [-0.39, 0.29) is 0 Å². The maximum atomic E-state index is 5.76. The molecule has 0 spiro atoms. The Morgan fingerprint density at radius 3 is 2.72 bits per heavy atom. The van der Waals surface area contributed by atoms with Gasteiger partial charge in [-0.25, -0.2) is 0 Å². The second-order valence-electron chi connectivity index (χ2n) is 4.41. The van der Waals surface area contributed by atoms with Gasteiger partial charge in [-0.1, -0.05) is 12.2 Å². The fourth-order valence-electron chi connectivity index (χ4n) is 2.06. The van der Waals surface area contributed by atoms with Gasteiger partial charge in [-0.15, -0.1) is 0 Å². The van der Waals surface area contributed by atoms with Crippen molar-refractivity contribution in [1.29, 1.82) is 0 Å². The standard InChI is InChI=1S/C13H17BrN2OS/c14-11-9-10(13(15)18)3-4-12(11)17-8-7-16-5-1-2-6-16/h3-4,9H,1-2,5-8H2,(H2,15,18). The molecule has 1 saturated heterocycles. The molecule has 0 bridgehead atoms. The Morgan fingerprint density at radius 1 is 1.39 bits per heavy atom.